The molecule has 0 saturated carbocycles. The van der Waals surface area contributed by atoms with Gasteiger partial charge in [-0.3, -0.25) is 4.79 Å². The molecule has 2 heterocycles. The molecule has 0 atom stereocenters. The molecule has 5 heteroatoms. The molecule has 1 aliphatic rings. The van der Waals surface area contributed by atoms with Gasteiger partial charge in [-0.25, -0.2) is 4.68 Å². The molecule has 1 aromatic heterocycles. The Morgan fingerprint density at radius 1 is 1.20 bits per heavy atom. The minimum Gasteiger partial charge on any atom is -0.349 e. The first-order chi connectivity index (χ1) is 12.2. The summed E-state index contributed by atoms with van der Waals surface area (Å²) in [4.78, 5) is 15.2. The summed E-state index contributed by atoms with van der Waals surface area (Å²) in [6.45, 7) is 7.58. The van der Waals surface area contributed by atoms with Crippen LogP contribution in [0.2, 0.25) is 0 Å². The number of aromatic nitrogens is 2. The van der Waals surface area contributed by atoms with E-state index in [0.29, 0.717) is 5.56 Å². The predicted octanol–water partition coefficient (Wildman–Crippen LogP) is 3.04. The molecular formula is C20H28N4O. The van der Waals surface area contributed by atoms with Crippen LogP contribution in [0.15, 0.2) is 36.5 Å². The smallest absolute Gasteiger partial charge is 0.254 e. The van der Waals surface area contributed by atoms with Crippen LogP contribution < -0.4 is 5.32 Å². The molecule has 1 aromatic carbocycles. The van der Waals surface area contributed by atoms with Gasteiger partial charge in [-0.05, 0) is 44.4 Å². The lowest BCUT2D eigenvalue weighted by atomic mass is 10.0. The van der Waals surface area contributed by atoms with E-state index in [4.69, 9.17) is 0 Å². The third-order valence-electron chi connectivity index (χ3n) is 4.91. The van der Waals surface area contributed by atoms with Gasteiger partial charge >= 0.3 is 0 Å². The number of hydrogen-bond donors (Lipinski definition) is 1. The van der Waals surface area contributed by atoms with E-state index in [9.17, 15) is 4.79 Å². The Hall–Kier alpha value is -2.14. The van der Waals surface area contributed by atoms with Gasteiger partial charge in [0.1, 0.15) is 0 Å². The van der Waals surface area contributed by atoms with Crippen molar-refractivity contribution in [1.29, 1.82) is 0 Å². The Morgan fingerprint density at radius 2 is 1.92 bits per heavy atom. The number of piperidine rings is 1. The number of hydrogen-bond acceptors (Lipinski definition) is 3. The lowest BCUT2D eigenvalue weighted by Gasteiger charge is -2.32. The second kappa shape index (κ2) is 8.30. The van der Waals surface area contributed by atoms with Gasteiger partial charge in [0.2, 0.25) is 0 Å². The van der Waals surface area contributed by atoms with Crippen LogP contribution >= 0.6 is 0 Å². The van der Waals surface area contributed by atoms with E-state index in [0.717, 1.165) is 50.3 Å². The summed E-state index contributed by atoms with van der Waals surface area (Å²) in [6, 6.07) is 10.2. The second-order valence-electron chi connectivity index (χ2n) is 6.70. The fourth-order valence-corrected chi connectivity index (χ4v) is 3.58. The molecule has 1 aliphatic heterocycles. The third-order valence-corrected chi connectivity index (χ3v) is 4.91. The number of nitrogens with one attached hydrogen (secondary N) is 1. The van der Waals surface area contributed by atoms with Gasteiger partial charge in [0.05, 0.1) is 23.1 Å². The van der Waals surface area contributed by atoms with Gasteiger partial charge in [0.15, 0.2) is 0 Å². The van der Waals surface area contributed by atoms with Crippen LogP contribution in [-0.2, 0) is 6.42 Å². The fraction of sp³-hybridized carbons (Fsp3) is 0.500. The predicted molar refractivity (Wildman–Crippen MR) is 100 cm³/mol. The van der Waals surface area contributed by atoms with Crippen molar-refractivity contribution in [2.24, 2.45) is 0 Å². The van der Waals surface area contributed by atoms with Crippen molar-refractivity contribution in [3.8, 4) is 5.69 Å². The SMILES string of the molecule is CCCN1CCC(NC(=O)c2cnn(-c3ccccc3)c2CC)CC1. The maximum absolute atomic E-state index is 12.8. The van der Waals surface area contributed by atoms with Crippen LogP contribution in [0.3, 0.4) is 0 Å². The number of carbonyl (C=O) groups is 1. The van der Waals surface area contributed by atoms with Gasteiger partial charge in [-0.15, -0.1) is 0 Å². The molecule has 1 fully saturated rings. The number of benzene rings is 1. The number of likely N-dealkylation sites (tertiary alicyclic amines) is 1. The number of para-hydroxylation sites is 1. The zero-order valence-electron chi connectivity index (χ0n) is 15.2. The summed E-state index contributed by atoms with van der Waals surface area (Å²) in [5, 5.41) is 7.67. The molecule has 0 spiro atoms. The van der Waals surface area contributed by atoms with Crippen molar-refractivity contribution in [2.75, 3.05) is 19.6 Å². The zero-order valence-corrected chi connectivity index (χ0v) is 15.2. The fourth-order valence-electron chi connectivity index (χ4n) is 3.58. The summed E-state index contributed by atoms with van der Waals surface area (Å²) in [7, 11) is 0. The summed E-state index contributed by atoms with van der Waals surface area (Å²) < 4.78 is 1.87. The van der Waals surface area contributed by atoms with Crippen LogP contribution in [0.25, 0.3) is 5.69 Å². The number of amides is 1. The highest BCUT2D eigenvalue weighted by molar-refractivity contribution is 5.95. The Bertz CT molecular complexity index is 687. The van der Waals surface area contributed by atoms with Crippen molar-refractivity contribution in [1.82, 2.24) is 20.0 Å². The van der Waals surface area contributed by atoms with E-state index in [1.54, 1.807) is 6.20 Å². The lowest BCUT2D eigenvalue weighted by Crippen LogP contribution is -2.44. The van der Waals surface area contributed by atoms with Crippen LogP contribution in [0.1, 0.15) is 49.2 Å². The molecule has 1 amide bonds. The maximum Gasteiger partial charge on any atom is 0.254 e. The molecule has 1 saturated heterocycles. The van der Waals surface area contributed by atoms with Gasteiger partial charge < -0.3 is 10.2 Å². The van der Waals surface area contributed by atoms with Crippen LogP contribution in [0, 0.1) is 0 Å². The first-order valence-corrected chi connectivity index (χ1v) is 9.38. The molecule has 3 rings (SSSR count). The van der Waals surface area contributed by atoms with Crippen molar-refractivity contribution in [3.05, 3.63) is 47.8 Å². The second-order valence-corrected chi connectivity index (χ2v) is 6.70. The summed E-state index contributed by atoms with van der Waals surface area (Å²) >= 11 is 0. The molecule has 1 N–H and O–H groups in total. The average Bonchev–Trinajstić information content (AvgIpc) is 3.08. The van der Waals surface area contributed by atoms with Crippen LogP contribution in [-0.4, -0.2) is 46.3 Å². The molecule has 0 bridgehead atoms. The summed E-state index contributed by atoms with van der Waals surface area (Å²) in [5.41, 5.74) is 2.65. The highest BCUT2D eigenvalue weighted by Crippen LogP contribution is 2.17. The first-order valence-electron chi connectivity index (χ1n) is 9.38. The Morgan fingerprint density at radius 3 is 2.56 bits per heavy atom. The van der Waals surface area contributed by atoms with Gasteiger partial charge in [0.25, 0.3) is 5.91 Å². The van der Waals surface area contributed by atoms with E-state index in [1.807, 2.05) is 35.0 Å². The number of carbonyl (C=O) groups excluding carboxylic acids is 1. The molecule has 0 radical (unpaired) electrons. The Labute approximate surface area is 150 Å². The molecule has 5 nitrogen and oxygen atoms in total. The molecule has 0 aliphatic carbocycles. The molecule has 2 aromatic rings. The molecule has 0 unspecified atom stereocenters. The topological polar surface area (TPSA) is 50.2 Å². The number of nitrogens with zero attached hydrogens (tertiary/aromatic N) is 3. The van der Waals surface area contributed by atoms with Crippen LogP contribution in [0.4, 0.5) is 0 Å². The van der Waals surface area contributed by atoms with E-state index < -0.39 is 0 Å². The minimum atomic E-state index is 0.00738. The van der Waals surface area contributed by atoms with Crippen molar-refractivity contribution in [2.45, 2.75) is 45.6 Å². The van der Waals surface area contributed by atoms with Crippen LogP contribution in [0.5, 0.6) is 0 Å². The highest BCUT2D eigenvalue weighted by atomic mass is 16.1. The standard InChI is InChI=1S/C20H28N4O/c1-3-12-23-13-10-16(11-14-23)22-20(25)18-15-21-24(19(18)4-2)17-8-6-5-7-9-17/h5-9,15-16H,3-4,10-14H2,1-2H3,(H,22,25). The van der Waals surface area contributed by atoms with E-state index >= 15 is 0 Å². The van der Waals surface area contributed by atoms with E-state index in [2.05, 4.69) is 29.2 Å². The monoisotopic (exact) mass is 340 g/mol. The molecule has 25 heavy (non-hydrogen) atoms. The quantitative estimate of drug-likeness (QED) is 0.879. The average molecular weight is 340 g/mol. The Kier molecular flexibility index (Phi) is 5.87. The van der Waals surface area contributed by atoms with E-state index in [-0.39, 0.29) is 11.9 Å². The molecular weight excluding hydrogens is 312 g/mol. The highest BCUT2D eigenvalue weighted by Gasteiger charge is 2.23. The van der Waals surface area contributed by atoms with E-state index in [1.165, 1.54) is 6.42 Å². The summed E-state index contributed by atoms with van der Waals surface area (Å²) in [5.74, 6) is 0.00738. The number of rotatable bonds is 6. The normalized spacial score (nSPS) is 16.1. The van der Waals surface area contributed by atoms with Gasteiger partial charge in [-0.1, -0.05) is 32.0 Å². The van der Waals surface area contributed by atoms with Crippen molar-refractivity contribution < 1.29 is 4.79 Å². The zero-order chi connectivity index (χ0) is 17.6. The Balaban J connectivity index is 1.68. The first kappa shape index (κ1) is 17.7. The largest absolute Gasteiger partial charge is 0.349 e. The molecule has 134 valence electrons. The third kappa shape index (κ3) is 4.10. The van der Waals surface area contributed by atoms with Crippen molar-refractivity contribution in [3.63, 3.8) is 0 Å². The summed E-state index contributed by atoms with van der Waals surface area (Å²) in [6.07, 6.45) is 5.72. The minimum absolute atomic E-state index is 0.00738. The van der Waals surface area contributed by atoms with Gasteiger partial charge in [0, 0.05) is 19.1 Å². The van der Waals surface area contributed by atoms with Gasteiger partial charge in [-0.2, -0.15) is 5.10 Å². The maximum atomic E-state index is 12.8. The van der Waals surface area contributed by atoms with Crippen molar-refractivity contribution >= 4 is 5.91 Å². The lowest BCUT2D eigenvalue weighted by molar-refractivity contribution is 0.0910.